The van der Waals surface area contributed by atoms with Crippen LogP contribution in [0.3, 0.4) is 0 Å². The van der Waals surface area contributed by atoms with Crippen molar-refractivity contribution in [2.75, 3.05) is 32.2 Å². The van der Waals surface area contributed by atoms with Gasteiger partial charge in [-0.25, -0.2) is 19.6 Å². The average molecular weight is 924 g/mol. The molecule has 5 aromatic rings. The minimum absolute atomic E-state index is 0.108. The number of aromatic nitrogens is 4. The number of hydrogen-bond acceptors (Lipinski definition) is 9. The van der Waals surface area contributed by atoms with Crippen molar-refractivity contribution in [3.8, 4) is 22.5 Å². The van der Waals surface area contributed by atoms with E-state index in [0.717, 1.165) is 72.7 Å². The summed E-state index contributed by atoms with van der Waals surface area (Å²) in [5, 5.41) is 5.46. The highest BCUT2D eigenvalue weighted by Crippen LogP contribution is 2.48. The van der Waals surface area contributed by atoms with Gasteiger partial charge in [0.05, 0.1) is 62.2 Å². The van der Waals surface area contributed by atoms with Gasteiger partial charge in [0.2, 0.25) is 11.8 Å². The second kappa shape index (κ2) is 19.9. The fourth-order valence-corrected chi connectivity index (χ4v) is 10.6. The molecule has 1 aliphatic carbocycles. The smallest absolute Gasteiger partial charge is 0.407 e. The molecule has 5 heterocycles. The van der Waals surface area contributed by atoms with Crippen molar-refractivity contribution in [3.05, 3.63) is 114 Å². The number of aromatic amines is 2. The van der Waals surface area contributed by atoms with Crippen LogP contribution in [0.25, 0.3) is 22.5 Å². The van der Waals surface area contributed by atoms with Crippen LogP contribution < -0.4 is 15.5 Å². The maximum Gasteiger partial charge on any atom is 0.407 e. The van der Waals surface area contributed by atoms with Gasteiger partial charge in [0.1, 0.15) is 23.7 Å². The first-order chi connectivity index (χ1) is 32.9. The highest BCUT2D eigenvalue weighted by Gasteiger charge is 2.40. The molecule has 2 aromatic heterocycles. The van der Waals surface area contributed by atoms with Crippen LogP contribution in [0.4, 0.5) is 15.3 Å². The minimum atomic E-state index is -0.690. The Balaban J connectivity index is 0.915. The molecule has 68 heavy (non-hydrogen) atoms. The Kier molecular flexibility index (Phi) is 13.6. The van der Waals surface area contributed by atoms with E-state index in [9.17, 15) is 19.2 Å². The van der Waals surface area contributed by atoms with Crippen LogP contribution in [0.1, 0.15) is 137 Å². The molecule has 0 spiro atoms. The summed E-state index contributed by atoms with van der Waals surface area (Å²) in [5.41, 5.74) is 8.93. The predicted molar refractivity (Wildman–Crippen MR) is 259 cm³/mol. The van der Waals surface area contributed by atoms with Crippen LogP contribution >= 0.6 is 0 Å². The zero-order valence-corrected chi connectivity index (χ0v) is 40.0. The maximum absolute atomic E-state index is 13.7. The molecule has 0 unspecified atom stereocenters. The van der Waals surface area contributed by atoms with E-state index in [4.69, 9.17) is 19.4 Å². The molecular formula is C53H65N9O6. The summed E-state index contributed by atoms with van der Waals surface area (Å²) in [5.74, 6) is 1.69. The summed E-state index contributed by atoms with van der Waals surface area (Å²) >= 11 is 0. The normalized spacial score (nSPS) is 21.3. The molecule has 4 amide bonds. The number of carbonyl (C=O) groups excluding carboxylic acids is 4. The van der Waals surface area contributed by atoms with Crippen molar-refractivity contribution >= 4 is 29.7 Å². The first-order valence-corrected chi connectivity index (χ1v) is 24.4. The second-order valence-electron chi connectivity index (χ2n) is 19.6. The summed E-state index contributed by atoms with van der Waals surface area (Å²) in [6, 6.07) is 25.4. The molecule has 15 nitrogen and oxygen atoms in total. The van der Waals surface area contributed by atoms with Gasteiger partial charge in [-0.2, -0.15) is 0 Å². The Bertz CT molecular complexity index is 2420. The van der Waals surface area contributed by atoms with E-state index in [1.54, 1.807) is 0 Å². The number of imidazole rings is 2. The molecule has 4 N–H and O–H groups in total. The highest BCUT2D eigenvalue weighted by molar-refractivity contribution is 5.87. The summed E-state index contributed by atoms with van der Waals surface area (Å²) in [6.07, 6.45) is 10.3. The van der Waals surface area contributed by atoms with E-state index >= 15 is 0 Å². The Morgan fingerprint density at radius 1 is 0.559 bits per heavy atom. The molecule has 4 aliphatic rings. The summed E-state index contributed by atoms with van der Waals surface area (Å²) in [4.78, 5) is 74.5. The number of amides is 4. The number of rotatable bonds is 14. The van der Waals surface area contributed by atoms with Crippen molar-refractivity contribution in [3.63, 3.8) is 0 Å². The monoisotopic (exact) mass is 924 g/mol. The Morgan fingerprint density at radius 2 is 0.971 bits per heavy atom. The van der Waals surface area contributed by atoms with Gasteiger partial charge in [-0.05, 0) is 109 Å². The predicted octanol–water partition coefficient (Wildman–Crippen LogP) is 9.52. The van der Waals surface area contributed by atoms with Crippen LogP contribution in [0, 0.1) is 11.8 Å². The van der Waals surface area contributed by atoms with E-state index < -0.39 is 24.3 Å². The van der Waals surface area contributed by atoms with Crippen molar-refractivity contribution in [2.45, 2.75) is 121 Å². The number of ether oxygens (including phenoxy) is 2. The molecule has 3 aliphatic heterocycles. The lowest BCUT2D eigenvalue weighted by Crippen LogP contribution is -2.51. The van der Waals surface area contributed by atoms with Gasteiger partial charge < -0.3 is 44.8 Å². The quantitative estimate of drug-likeness (QED) is 0.0845. The van der Waals surface area contributed by atoms with Crippen molar-refractivity contribution in [1.29, 1.82) is 0 Å². The van der Waals surface area contributed by atoms with Crippen molar-refractivity contribution < 1.29 is 28.7 Å². The number of H-pyrrole nitrogens is 2. The third kappa shape index (κ3) is 9.57. The molecule has 6 atom stereocenters. The molecule has 1 saturated carbocycles. The summed E-state index contributed by atoms with van der Waals surface area (Å²) in [6.45, 7) is 8.86. The number of benzene rings is 3. The number of nitrogens with one attached hydrogen (secondary N) is 4. The van der Waals surface area contributed by atoms with Crippen LogP contribution in [-0.2, 0) is 19.1 Å². The lowest BCUT2D eigenvalue weighted by atomic mass is 10.0. The molecule has 0 radical (unpaired) electrons. The zero-order chi connectivity index (χ0) is 47.6. The molecule has 4 fully saturated rings. The number of methoxy groups -OCH3 is 2. The number of alkyl carbamates (subject to hydrolysis) is 2. The second-order valence-corrected chi connectivity index (χ2v) is 19.6. The first kappa shape index (κ1) is 46.5. The minimum Gasteiger partial charge on any atom is -0.453 e. The number of likely N-dealkylation sites (tertiary alicyclic amines) is 2. The first-order valence-electron chi connectivity index (χ1n) is 24.4. The van der Waals surface area contributed by atoms with Gasteiger partial charge in [0.15, 0.2) is 0 Å². The Morgan fingerprint density at radius 3 is 1.35 bits per heavy atom. The molecule has 358 valence electrons. The summed E-state index contributed by atoms with van der Waals surface area (Å²) in [7, 11) is 2.61. The molecule has 3 saturated heterocycles. The van der Waals surface area contributed by atoms with Crippen molar-refractivity contribution in [1.82, 2.24) is 40.4 Å². The van der Waals surface area contributed by atoms with Gasteiger partial charge in [0.25, 0.3) is 0 Å². The molecule has 9 rings (SSSR count). The molecular weight excluding hydrogens is 859 g/mol. The van der Waals surface area contributed by atoms with E-state index in [2.05, 4.69) is 98.3 Å². The topological polar surface area (TPSA) is 178 Å². The standard InChI is InChI=1S/C53H65N9O6/c1-31(2)46(58-52(65)67-5)50(63)60-27-7-9-44(60)48-54-29-40(56-48)35-13-17-37(18-14-35)42-25-26-43(62(42)39-23-21-34(22-24-39)33-11-12-33)38-19-15-36(16-20-38)41-30-55-49(57-41)45-10-8-28-61(45)51(64)47(32(3)4)59-53(66)68-6/h13-24,29-33,42-47H,7-12,25-28H2,1-6H3,(H,54,56)(H,55,57)(H,58,65)(H,59,66)/t42-,43-,44+,45+,46+,47+/m1/s1. The lowest BCUT2D eigenvalue weighted by molar-refractivity contribution is -0.136. The van der Waals surface area contributed by atoms with Gasteiger partial charge in [-0.15, -0.1) is 0 Å². The SMILES string of the molecule is COC(=O)N[C@H](C(=O)N1CCC[C@H]1c1ncc(-c2ccc([C@H]3CC[C@H](c4ccc(-c5cnc([C@@H]6CCCN6C(=O)[C@@H](NC(=O)OC)C(C)C)[nH]5)cc4)N3c3ccc(C4CC4)cc3)cc2)[nH]1)C(C)C. The summed E-state index contributed by atoms with van der Waals surface area (Å²) < 4.78 is 9.62. The van der Waals surface area contributed by atoms with Crippen LogP contribution in [0.2, 0.25) is 0 Å². The molecule has 0 bridgehead atoms. The van der Waals surface area contributed by atoms with Crippen LogP contribution in [0.15, 0.2) is 85.2 Å². The number of hydrogen-bond donors (Lipinski definition) is 4. The highest BCUT2D eigenvalue weighted by atomic mass is 16.5. The maximum atomic E-state index is 13.7. The Labute approximate surface area is 398 Å². The zero-order valence-electron chi connectivity index (χ0n) is 40.0. The number of nitrogens with zero attached hydrogens (tertiary/aromatic N) is 5. The van der Waals surface area contributed by atoms with Crippen LogP contribution in [-0.4, -0.2) is 93.1 Å². The third-order valence-electron chi connectivity index (χ3n) is 14.5. The largest absolute Gasteiger partial charge is 0.453 e. The van der Waals surface area contributed by atoms with Gasteiger partial charge >= 0.3 is 12.2 Å². The number of carbonyl (C=O) groups is 4. The lowest BCUT2D eigenvalue weighted by Gasteiger charge is -2.33. The van der Waals surface area contributed by atoms with Crippen LogP contribution in [0.5, 0.6) is 0 Å². The van der Waals surface area contributed by atoms with E-state index in [1.807, 2.05) is 49.9 Å². The van der Waals surface area contributed by atoms with Gasteiger partial charge in [0, 0.05) is 18.8 Å². The van der Waals surface area contributed by atoms with E-state index in [0.29, 0.717) is 19.0 Å². The Hall–Kier alpha value is -6.64. The fraction of sp³-hybridized carbons (Fsp3) is 0.472. The van der Waals surface area contributed by atoms with Gasteiger partial charge in [-0.3, -0.25) is 9.59 Å². The fourth-order valence-electron chi connectivity index (χ4n) is 10.6. The van der Waals surface area contributed by atoms with Gasteiger partial charge in [-0.1, -0.05) is 88.4 Å². The molecule has 3 aromatic carbocycles. The third-order valence-corrected chi connectivity index (χ3v) is 14.5. The molecule has 15 heteroatoms. The number of anilines is 1. The van der Waals surface area contributed by atoms with E-state index in [1.165, 1.54) is 49.4 Å². The van der Waals surface area contributed by atoms with E-state index in [-0.39, 0.29) is 47.8 Å². The van der Waals surface area contributed by atoms with Crippen molar-refractivity contribution in [2.24, 2.45) is 11.8 Å². The average Bonchev–Trinajstić information content (AvgIpc) is 3.97.